The van der Waals surface area contributed by atoms with Crippen LogP contribution in [0, 0.1) is 12.7 Å². The predicted octanol–water partition coefficient (Wildman–Crippen LogP) is 3.70. The second kappa shape index (κ2) is 9.16. The van der Waals surface area contributed by atoms with Gasteiger partial charge in [0.1, 0.15) is 11.4 Å². The minimum absolute atomic E-state index is 0.199. The topological polar surface area (TPSA) is 45.6 Å². The van der Waals surface area contributed by atoms with Crippen LogP contribution >= 0.6 is 0 Å². The number of benzene rings is 2. The van der Waals surface area contributed by atoms with E-state index in [1.54, 1.807) is 39.9 Å². The van der Waals surface area contributed by atoms with E-state index in [1.807, 2.05) is 31.2 Å². The van der Waals surface area contributed by atoms with E-state index in [2.05, 4.69) is 4.90 Å². The molecule has 2 heterocycles. The van der Waals surface area contributed by atoms with Gasteiger partial charge in [-0.1, -0.05) is 29.8 Å². The Kier molecular flexibility index (Phi) is 6.16. The molecule has 1 saturated heterocycles. The molecule has 0 atom stereocenters. The molecule has 1 amide bonds. The fourth-order valence-corrected chi connectivity index (χ4v) is 4.03. The zero-order chi connectivity index (χ0) is 21.8. The molecule has 0 radical (unpaired) electrons. The molecule has 1 aliphatic rings. The third-order valence-corrected chi connectivity index (χ3v) is 5.66. The highest BCUT2D eigenvalue weighted by Crippen LogP contribution is 2.17. The molecule has 1 fully saturated rings. The summed E-state index contributed by atoms with van der Waals surface area (Å²) in [4.78, 5) is 30.1. The number of carbonyl (C=O) groups excluding carboxylic acids is 1. The molecule has 3 aromatic rings. The van der Waals surface area contributed by atoms with Crippen LogP contribution in [0.3, 0.4) is 0 Å². The van der Waals surface area contributed by atoms with Crippen LogP contribution in [0.4, 0.5) is 10.1 Å². The van der Waals surface area contributed by atoms with Crippen molar-refractivity contribution in [2.45, 2.75) is 19.9 Å². The van der Waals surface area contributed by atoms with Gasteiger partial charge in [-0.2, -0.15) is 0 Å². The van der Waals surface area contributed by atoms with Gasteiger partial charge in [0, 0.05) is 38.1 Å². The van der Waals surface area contributed by atoms with Crippen LogP contribution in [-0.2, 0) is 6.54 Å². The van der Waals surface area contributed by atoms with Gasteiger partial charge in [-0.15, -0.1) is 0 Å². The standard InChI is InChI=1S/C25H26FN3O2/c1-19-5-2-6-20(17-19)18-29-12-3-7-23(25(29)31)24(30)28-14-4-13-27(15-16-28)22-10-8-21(26)9-11-22/h2-3,5-12,17H,4,13-16,18H2,1H3. The molecule has 2 aromatic carbocycles. The van der Waals surface area contributed by atoms with Gasteiger partial charge < -0.3 is 14.4 Å². The van der Waals surface area contributed by atoms with Crippen LogP contribution in [0.25, 0.3) is 0 Å². The summed E-state index contributed by atoms with van der Waals surface area (Å²) in [5, 5.41) is 0. The molecule has 0 bridgehead atoms. The maximum atomic E-state index is 13.2. The van der Waals surface area contributed by atoms with Gasteiger partial charge in [0.15, 0.2) is 0 Å². The summed E-state index contributed by atoms with van der Waals surface area (Å²) >= 11 is 0. The van der Waals surface area contributed by atoms with Crippen LogP contribution in [-0.4, -0.2) is 41.6 Å². The second-order valence-electron chi connectivity index (χ2n) is 7.95. The Morgan fingerprint density at radius 2 is 1.77 bits per heavy atom. The molecule has 0 spiro atoms. The Hall–Kier alpha value is -3.41. The fourth-order valence-electron chi connectivity index (χ4n) is 4.03. The summed E-state index contributed by atoms with van der Waals surface area (Å²) in [6, 6.07) is 17.8. The summed E-state index contributed by atoms with van der Waals surface area (Å²) in [6.45, 7) is 4.97. The average molecular weight is 420 g/mol. The molecule has 0 saturated carbocycles. The van der Waals surface area contributed by atoms with E-state index in [-0.39, 0.29) is 22.8 Å². The second-order valence-corrected chi connectivity index (χ2v) is 7.95. The zero-order valence-electron chi connectivity index (χ0n) is 17.6. The van der Waals surface area contributed by atoms with Gasteiger partial charge in [-0.25, -0.2) is 4.39 Å². The first kappa shape index (κ1) is 20.8. The molecule has 0 N–H and O–H groups in total. The van der Waals surface area contributed by atoms with Crippen molar-refractivity contribution < 1.29 is 9.18 Å². The quantitative estimate of drug-likeness (QED) is 0.648. The molecular formula is C25H26FN3O2. The largest absolute Gasteiger partial charge is 0.370 e. The van der Waals surface area contributed by atoms with Crippen molar-refractivity contribution in [1.82, 2.24) is 9.47 Å². The van der Waals surface area contributed by atoms with Crippen LogP contribution in [0.5, 0.6) is 0 Å². The Morgan fingerprint density at radius 1 is 0.968 bits per heavy atom. The highest BCUT2D eigenvalue weighted by atomic mass is 19.1. The van der Waals surface area contributed by atoms with Gasteiger partial charge in [0.05, 0.1) is 6.54 Å². The van der Waals surface area contributed by atoms with Crippen LogP contribution in [0.15, 0.2) is 71.7 Å². The van der Waals surface area contributed by atoms with E-state index < -0.39 is 0 Å². The number of halogens is 1. The van der Waals surface area contributed by atoms with Crippen molar-refractivity contribution in [3.63, 3.8) is 0 Å². The third kappa shape index (κ3) is 4.85. The molecule has 5 nitrogen and oxygen atoms in total. The van der Waals surface area contributed by atoms with Gasteiger partial charge in [0.25, 0.3) is 11.5 Å². The monoisotopic (exact) mass is 419 g/mol. The number of hydrogen-bond acceptors (Lipinski definition) is 3. The normalized spacial score (nSPS) is 14.4. The lowest BCUT2D eigenvalue weighted by Crippen LogP contribution is -2.39. The smallest absolute Gasteiger partial charge is 0.263 e. The van der Waals surface area contributed by atoms with Gasteiger partial charge in [-0.05, 0) is 55.3 Å². The summed E-state index contributed by atoms with van der Waals surface area (Å²) in [5.41, 5.74) is 3.03. The summed E-state index contributed by atoms with van der Waals surface area (Å²) in [6.07, 6.45) is 2.51. The van der Waals surface area contributed by atoms with Crippen molar-refractivity contribution >= 4 is 11.6 Å². The molecule has 4 rings (SSSR count). The first-order chi connectivity index (χ1) is 15.0. The average Bonchev–Trinajstić information content (AvgIpc) is 3.02. The molecule has 1 aliphatic heterocycles. The number of aryl methyl sites for hydroxylation is 1. The molecule has 0 unspecified atom stereocenters. The summed E-state index contributed by atoms with van der Waals surface area (Å²) in [5.74, 6) is -0.494. The zero-order valence-corrected chi connectivity index (χ0v) is 17.6. The van der Waals surface area contributed by atoms with Gasteiger partial charge in [0.2, 0.25) is 0 Å². The Morgan fingerprint density at radius 3 is 2.55 bits per heavy atom. The lowest BCUT2D eigenvalue weighted by Gasteiger charge is -2.23. The summed E-state index contributed by atoms with van der Waals surface area (Å²) < 4.78 is 14.8. The third-order valence-electron chi connectivity index (χ3n) is 5.66. The first-order valence-corrected chi connectivity index (χ1v) is 10.6. The van der Waals surface area contributed by atoms with Crippen LogP contribution in [0.1, 0.15) is 27.9 Å². The maximum Gasteiger partial charge on any atom is 0.263 e. The SMILES string of the molecule is Cc1cccc(Cn2cccc(C(=O)N3CCCN(c4ccc(F)cc4)CC3)c2=O)c1. The number of rotatable bonds is 4. The number of aromatic nitrogens is 1. The van der Waals surface area contributed by atoms with Gasteiger partial charge in [-0.3, -0.25) is 9.59 Å². The van der Waals surface area contributed by atoms with Gasteiger partial charge >= 0.3 is 0 Å². The molecule has 1 aromatic heterocycles. The van der Waals surface area contributed by atoms with Crippen molar-refractivity contribution in [1.29, 1.82) is 0 Å². The Labute approximate surface area is 181 Å². The molecule has 160 valence electrons. The number of nitrogens with zero attached hydrogens (tertiary/aromatic N) is 3. The number of anilines is 1. The van der Waals surface area contributed by atoms with E-state index >= 15 is 0 Å². The van der Waals surface area contributed by atoms with Crippen LogP contribution < -0.4 is 10.5 Å². The lowest BCUT2D eigenvalue weighted by atomic mass is 10.1. The van der Waals surface area contributed by atoms with Crippen molar-refractivity contribution in [2.75, 3.05) is 31.1 Å². The molecule has 31 heavy (non-hydrogen) atoms. The highest BCUT2D eigenvalue weighted by molar-refractivity contribution is 5.93. The number of amides is 1. The number of carbonyl (C=O) groups is 1. The molecule has 6 heteroatoms. The van der Waals surface area contributed by atoms with Crippen molar-refractivity contribution in [2.24, 2.45) is 0 Å². The highest BCUT2D eigenvalue weighted by Gasteiger charge is 2.23. The van der Waals surface area contributed by atoms with E-state index in [4.69, 9.17) is 0 Å². The first-order valence-electron chi connectivity index (χ1n) is 10.6. The predicted molar refractivity (Wildman–Crippen MR) is 120 cm³/mol. The van der Waals surface area contributed by atoms with E-state index in [0.29, 0.717) is 26.2 Å². The van der Waals surface area contributed by atoms with Crippen molar-refractivity contribution in [3.8, 4) is 0 Å². The lowest BCUT2D eigenvalue weighted by molar-refractivity contribution is 0.0764. The Balaban J connectivity index is 1.49. The summed E-state index contributed by atoms with van der Waals surface area (Å²) in [7, 11) is 0. The van der Waals surface area contributed by atoms with E-state index in [9.17, 15) is 14.0 Å². The number of hydrogen-bond donors (Lipinski definition) is 0. The van der Waals surface area contributed by atoms with Crippen LogP contribution in [0.2, 0.25) is 0 Å². The maximum absolute atomic E-state index is 13.2. The van der Waals surface area contributed by atoms with E-state index in [0.717, 1.165) is 29.8 Å². The minimum Gasteiger partial charge on any atom is -0.370 e. The minimum atomic E-state index is -0.270. The van der Waals surface area contributed by atoms with Crippen molar-refractivity contribution in [3.05, 3.63) is 99.7 Å². The number of pyridine rings is 1. The fraction of sp³-hybridized carbons (Fsp3) is 0.280. The Bertz CT molecular complexity index is 1120. The molecular weight excluding hydrogens is 393 g/mol. The van der Waals surface area contributed by atoms with E-state index in [1.165, 1.54) is 12.1 Å². The molecule has 0 aliphatic carbocycles.